The lowest BCUT2D eigenvalue weighted by Gasteiger charge is -2.14. The molecular weight excluding hydrogens is 237 g/mol. The van der Waals surface area contributed by atoms with E-state index in [1.54, 1.807) is 0 Å². The first kappa shape index (κ1) is 14.4. The Kier molecular flexibility index (Phi) is 5.09. The molecule has 0 bridgehead atoms. The molecule has 0 aliphatic carbocycles. The number of halogens is 1. The van der Waals surface area contributed by atoms with Gasteiger partial charge in [0.1, 0.15) is 11.6 Å². The zero-order chi connectivity index (χ0) is 13.7. The summed E-state index contributed by atoms with van der Waals surface area (Å²) in [7, 11) is 0. The van der Waals surface area contributed by atoms with Gasteiger partial charge in [0.25, 0.3) is 5.91 Å². The minimum atomic E-state index is -0.598. The number of amides is 1. The van der Waals surface area contributed by atoms with Gasteiger partial charge in [-0.1, -0.05) is 13.8 Å². The van der Waals surface area contributed by atoms with Gasteiger partial charge < -0.3 is 15.5 Å². The Bertz CT molecular complexity index is 421. The highest BCUT2D eigenvalue weighted by Crippen LogP contribution is 2.17. The van der Waals surface area contributed by atoms with E-state index in [2.05, 4.69) is 5.32 Å². The molecule has 100 valence electrons. The topological polar surface area (TPSA) is 69.6 Å². The number of aliphatic hydroxyl groups excluding tert-OH is 1. The van der Waals surface area contributed by atoms with Crippen LogP contribution in [0.15, 0.2) is 18.2 Å². The average molecular weight is 255 g/mol. The molecule has 1 amide bonds. The molecule has 0 heterocycles. The molecule has 1 aromatic carbocycles. The van der Waals surface area contributed by atoms with Crippen LogP contribution in [0.1, 0.15) is 30.6 Å². The summed E-state index contributed by atoms with van der Waals surface area (Å²) in [6.45, 7) is 4.07. The third-order valence-electron chi connectivity index (χ3n) is 2.70. The lowest BCUT2D eigenvalue weighted by atomic mass is 10.0. The molecule has 5 heteroatoms. The third kappa shape index (κ3) is 4.00. The molecule has 0 aromatic heterocycles. The fourth-order valence-electron chi connectivity index (χ4n) is 1.46. The molecule has 0 saturated carbocycles. The summed E-state index contributed by atoms with van der Waals surface area (Å²) < 4.78 is 12.7. The van der Waals surface area contributed by atoms with Crippen molar-refractivity contribution in [1.29, 1.82) is 0 Å². The molecule has 1 rings (SSSR count). The molecule has 18 heavy (non-hydrogen) atoms. The summed E-state index contributed by atoms with van der Waals surface area (Å²) in [6, 6.07) is 3.22. The van der Waals surface area contributed by atoms with Crippen molar-refractivity contribution in [1.82, 2.24) is 5.32 Å². The number of benzene rings is 1. The first-order valence-electron chi connectivity index (χ1n) is 5.86. The van der Waals surface area contributed by atoms with Crippen molar-refractivity contribution >= 4 is 5.91 Å². The Labute approximate surface area is 105 Å². The van der Waals surface area contributed by atoms with Gasteiger partial charge in [-0.2, -0.15) is 0 Å². The van der Waals surface area contributed by atoms with Crippen LogP contribution in [0.5, 0.6) is 5.75 Å². The van der Waals surface area contributed by atoms with Crippen LogP contribution in [-0.2, 0) is 0 Å². The maximum atomic E-state index is 12.7. The standard InChI is InChI=1S/C13H18FNO3/c1-8(2)11(16)5-6-15-13(18)10-4-3-9(14)7-12(10)17/h3-4,7-8,11,16-17H,5-6H2,1-2H3,(H,15,18). The molecule has 4 nitrogen and oxygen atoms in total. The van der Waals surface area contributed by atoms with Gasteiger partial charge in [0, 0.05) is 12.6 Å². The Morgan fingerprint density at radius 2 is 2.11 bits per heavy atom. The quantitative estimate of drug-likeness (QED) is 0.749. The summed E-state index contributed by atoms with van der Waals surface area (Å²) in [5.41, 5.74) is 0.0236. The van der Waals surface area contributed by atoms with E-state index in [4.69, 9.17) is 0 Å². The van der Waals surface area contributed by atoms with Crippen LogP contribution >= 0.6 is 0 Å². The fourth-order valence-corrected chi connectivity index (χ4v) is 1.46. The normalized spacial score (nSPS) is 12.5. The molecule has 0 fully saturated rings. The lowest BCUT2D eigenvalue weighted by Crippen LogP contribution is -2.28. The largest absolute Gasteiger partial charge is 0.507 e. The molecule has 1 aromatic rings. The number of nitrogens with one attached hydrogen (secondary N) is 1. The second-order valence-corrected chi connectivity index (χ2v) is 4.52. The van der Waals surface area contributed by atoms with Crippen molar-refractivity contribution < 1.29 is 19.4 Å². The number of rotatable bonds is 5. The second kappa shape index (κ2) is 6.35. The average Bonchev–Trinajstić information content (AvgIpc) is 2.28. The summed E-state index contributed by atoms with van der Waals surface area (Å²) in [5.74, 6) is -1.35. The number of aromatic hydroxyl groups is 1. The van der Waals surface area contributed by atoms with Gasteiger partial charge in [-0.05, 0) is 24.5 Å². The van der Waals surface area contributed by atoms with E-state index in [0.29, 0.717) is 13.0 Å². The van der Waals surface area contributed by atoms with Crippen LogP contribution in [0.2, 0.25) is 0 Å². The zero-order valence-electron chi connectivity index (χ0n) is 10.5. The SMILES string of the molecule is CC(C)C(O)CCNC(=O)c1ccc(F)cc1O. The maximum absolute atomic E-state index is 12.7. The van der Waals surface area contributed by atoms with Crippen LogP contribution < -0.4 is 5.32 Å². The summed E-state index contributed by atoms with van der Waals surface area (Å²) in [6.07, 6.45) is -0.0436. The molecule has 0 spiro atoms. The van der Waals surface area contributed by atoms with Crippen molar-refractivity contribution in [3.8, 4) is 5.75 Å². The molecule has 0 saturated heterocycles. The molecule has 0 radical (unpaired) electrons. The van der Waals surface area contributed by atoms with Crippen LogP contribution in [0.3, 0.4) is 0 Å². The zero-order valence-corrected chi connectivity index (χ0v) is 10.5. The van der Waals surface area contributed by atoms with E-state index in [1.165, 1.54) is 6.07 Å². The van der Waals surface area contributed by atoms with Crippen LogP contribution in [0.25, 0.3) is 0 Å². The Hall–Kier alpha value is -1.62. The highest BCUT2D eigenvalue weighted by molar-refractivity contribution is 5.96. The van der Waals surface area contributed by atoms with Crippen molar-refractivity contribution in [2.75, 3.05) is 6.54 Å². The predicted octanol–water partition coefficient (Wildman–Crippen LogP) is 1.67. The molecule has 1 unspecified atom stereocenters. The van der Waals surface area contributed by atoms with Crippen molar-refractivity contribution in [2.24, 2.45) is 5.92 Å². The number of phenols is 1. The predicted molar refractivity (Wildman–Crippen MR) is 65.9 cm³/mol. The van der Waals surface area contributed by atoms with E-state index in [-0.39, 0.29) is 11.5 Å². The van der Waals surface area contributed by atoms with E-state index in [9.17, 15) is 19.4 Å². The number of phenolic OH excluding ortho intramolecular Hbond substituents is 1. The minimum absolute atomic E-state index is 0.0236. The number of hydrogen-bond donors (Lipinski definition) is 3. The van der Waals surface area contributed by atoms with Gasteiger partial charge >= 0.3 is 0 Å². The summed E-state index contributed by atoms with van der Waals surface area (Å²) in [4.78, 5) is 11.7. The van der Waals surface area contributed by atoms with Crippen LogP contribution in [-0.4, -0.2) is 28.8 Å². The second-order valence-electron chi connectivity index (χ2n) is 4.52. The lowest BCUT2D eigenvalue weighted by molar-refractivity contribution is 0.0918. The van der Waals surface area contributed by atoms with Crippen molar-refractivity contribution in [3.63, 3.8) is 0 Å². The molecule has 0 aliphatic heterocycles. The van der Waals surface area contributed by atoms with Gasteiger partial charge in [0.05, 0.1) is 11.7 Å². The third-order valence-corrected chi connectivity index (χ3v) is 2.70. The van der Waals surface area contributed by atoms with Gasteiger partial charge in [-0.25, -0.2) is 4.39 Å². The number of aliphatic hydroxyl groups is 1. The monoisotopic (exact) mass is 255 g/mol. The van der Waals surface area contributed by atoms with Gasteiger partial charge in [0.15, 0.2) is 0 Å². The van der Waals surface area contributed by atoms with E-state index < -0.39 is 23.6 Å². The summed E-state index contributed by atoms with van der Waals surface area (Å²) in [5, 5.41) is 21.5. The Morgan fingerprint density at radius 3 is 2.67 bits per heavy atom. The Balaban J connectivity index is 2.51. The number of carbonyl (C=O) groups is 1. The van der Waals surface area contributed by atoms with E-state index in [1.807, 2.05) is 13.8 Å². The minimum Gasteiger partial charge on any atom is -0.507 e. The molecule has 3 N–H and O–H groups in total. The molecule has 0 aliphatic rings. The highest BCUT2D eigenvalue weighted by Gasteiger charge is 2.13. The molecular formula is C13H18FNO3. The van der Waals surface area contributed by atoms with E-state index in [0.717, 1.165) is 12.1 Å². The van der Waals surface area contributed by atoms with Gasteiger partial charge in [-0.15, -0.1) is 0 Å². The van der Waals surface area contributed by atoms with E-state index >= 15 is 0 Å². The van der Waals surface area contributed by atoms with Crippen LogP contribution in [0, 0.1) is 11.7 Å². The number of hydrogen-bond acceptors (Lipinski definition) is 3. The first-order chi connectivity index (χ1) is 8.41. The van der Waals surface area contributed by atoms with Crippen molar-refractivity contribution in [3.05, 3.63) is 29.6 Å². The highest BCUT2D eigenvalue weighted by atomic mass is 19.1. The smallest absolute Gasteiger partial charge is 0.255 e. The Morgan fingerprint density at radius 1 is 1.44 bits per heavy atom. The summed E-state index contributed by atoms with van der Waals surface area (Å²) >= 11 is 0. The number of carbonyl (C=O) groups excluding carboxylic acids is 1. The van der Waals surface area contributed by atoms with Gasteiger partial charge in [-0.3, -0.25) is 4.79 Å². The van der Waals surface area contributed by atoms with Crippen molar-refractivity contribution in [2.45, 2.75) is 26.4 Å². The first-order valence-corrected chi connectivity index (χ1v) is 5.86. The maximum Gasteiger partial charge on any atom is 0.255 e. The van der Waals surface area contributed by atoms with Gasteiger partial charge in [0.2, 0.25) is 0 Å². The molecule has 1 atom stereocenters. The fraction of sp³-hybridized carbons (Fsp3) is 0.462. The van der Waals surface area contributed by atoms with Crippen LogP contribution in [0.4, 0.5) is 4.39 Å².